The van der Waals surface area contributed by atoms with Gasteiger partial charge in [0.25, 0.3) is 0 Å². The van der Waals surface area contributed by atoms with Crippen LogP contribution in [0.25, 0.3) is 0 Å². The number of hydrogen-bond donors (Lipinski definition) is 1. The van der Waals surface area contributed by atoms with Gasteiger partial charge < -0.3 is 5.11 Å². The van der Waals surface area contributed by atoms with Gasteiger partial charge in [-0.3, -0.25) is 4.90 Å². The molecule has 0 atom stereocenters. The molecular weight excluding hydrogens is 220 g/mol. The number of nitrogens with zero attached hydrogens (tertiary/aromatic N) is 2. The molecule has 1 heterocycles. The van der Waals surface area contributed by atoms with E-state index in [0.29, 0.717) is 5.92 Å². The highest BCUT2D eigenvalue weighted by Gasteiger charge is 2.14. The third-order valence-electron chi connectivity index (χ3n) is 2.72. The fourth-order valence-corrected chi connectivity index (χ4v) is 2.81. The maximum Gasteiger partial charge on any atom is 0.107 e. The van der Waals surface area contributed by atoms with Gasteiger partial charge in [0, 0.05) is 0 Å². The minimum atomic E-state index is 0.115. The van der Waals surface area contributed by atoms with Crippen LogP contribution in [0.15, 0.2) is 0 Å². The van der Waals surface area contributed by atoms with Gasteiger partial charge in [0.15, 0.2) is 0 Å². The second kappa shape index (κ2) is 6.33. The third kappa shape index (κ3) is 3.27. The van der Waals surface area contributed by atoms with Crippen molar-refractivity contribution in [1.29, 1.82) is 0 Å². The Balaban J connectivity index is 2.82. The molecule has 0 aliphatic heterocycles. The Morgan fingerprint density at radius 1 is 1.31 bits per heavy atom. The van der Waals surface area contributed by atoms with Crippen molar-refractivity contribution in [3.63, 3.8) is 0 Å². The second-order valence-corrected chi connectivity index (χ2v) is 5.36. The van der Waals surface area contributed by atoms with Crippen LogP contribution in [-0.4, -0.2) is 28.1 Å². The summed E-state index contributed by atoms with van der Waals surface area (Å²) in [6.45, 7) is 11.7. The maximum absolute atomic E-state index is 9.29. The number of rotatable bonds is 6. The van der Waals surface area contributed by atoms with E-state index in [9.17, 15) is 5.11 Å². The van der Waals surface area contributed by atoms with Crippen molar-refractivity contribution in [1.82, 2.24) is 9.88 Å². The minimum absolute atomic E-state index is 0.115. The molecule has 0 radical (unpaired) electrons. The SMILES string of the molecule is CCN(CC)Cc1nc(C(C)C)c(CO)s1. The Labute approximate surface area is 102 Å². The zero-order valence-electron chi connectivity index (χ0n) is 10.7. The Morgan fingerprint density at radius 2 is 1.94 bits per heavy atom. The van der Waals surface area contributed by atoms with Crippen LogP contribution in [0.4, 0.5) is 0 Å². The van der Waals surface area contributed by atoms with E-state index in [1.165, 1.54) is 0 Å². The van der Waals surface area contributed by atoms with Crippen LogP contribution in [0.1, 0.15) is 49.2 Å². The lowest BCUT2D eigenvalue weighted by molar-refractivity contribution is 0.283. The summed E-state index contributed by atoms with van der Waals surface area (Å²) in [6.07, 6.45) is 0. The van der Waals surface area contributed by atoms with Crippen LogP contribution < -0.4 is 0 Å². The van der Waals surface area contributed by atoms with E-state index < -0.39 is 0 Å². The van der Waals surface area contributed by atoms with Crippen LogP contribution in [0.5, 0.6) is 0 Å². The van der Waals surface area contributed by atoms with Crippen LogP contribution in [0, 0.1) is 0 Å². The lowest BCUT2D eigenvalue weighted by atomic mass is 10.1. The molecular formula is C12H22N2OS. The maximum atomic E-state index is 9.29. The monoisotopic (exact) mass is 242 g/mol. The van der Waals surface area contributed by atoms with Gasteiger partial charge in [-0.05, 0) is 19.0 Å². The smallest absolute Gasteiger partial charge is 0.107 e. The fourth-order valence-electron chi connectivity index (χ4n) is 1.68. The molecule has 0 aliphatic carbocycles. The summed E-state index contributed by atoms with van der Waals surface area (Å²) in [7, 11) is 0. The summed E-state index contributed by atoms with van der Waals surface area (Å²) in [5.41, 5.74) is 1.06. The van der Waals surface area contributed by atoms with Crippen LogP contribution >= 0.6 is 11.3 Å². The molecule has 0 saturated heterocycles. The quantitative estimate of drug-likeness (QED) is 0.833. The lowest BCUT2D eigenvalue weighted by Gasteiger charge is -2.15. The van der Waals surface area contributed by atoms with E-state index in [2.05, 4.69) is 37.6 Å². The molecule has 0 bridgehead atoms. The van der Waals surface area contributed by atoms with E-state index in [1.54, 1.807) is 11.3 Å². The summed E-state index contributed by atoms with van der Waals surface area (Å²) in [5.74, 6) is 0.392. The average molecular weight is 242 g/mol. The molecule has 92 valence electrons. The minimum Gasteiger partial charge on any atom is -0.391 e. The number of aliphatic hydroxyl groups excluding tert-OH is 1. The predicted molar refractivity (Wildman–Crippen MR) is 68.8 cm³/mol. The van der Waals surface area contributed by atoms with Gasteiger partial charge >= 0.3 is 0 Å². The van der Waals surface area contributed by atoms with E-state index in [4.69, 9.17) is 0 Å². The Morgan fingerprint density at radius 3 is 2.31 bits per heavy atom. The van der Waals surface area contributed by atoms with Crippen molar-refractivity contribution in [3.05, 3.63) is 15.6 Å². The highest BCUT2D eigenvalue weighted by atomic mass is 32.1. The van der Waals surface area contributed by atoms with Crippen molar-refractivity contribution in [2.45, 2.75) is 46.8 Å². The zero-order chi connectivity index (χ0) is 12.1. The molecule has 0 unspecified atom stereocenters. The molecule has 0 amide bonds. The second-order valence-electron chi connectivity index (χ2n) is 4.19. The van der Waals surface area contributed by atoms with Gasteiger partial charge in [-0.2, -0.15) is 0 Å². The number of thiazole rings is 1. The first-order valence-electron chi connectivity index (χ1n) is 5.94. The van der Waals surface area contributed by atoms with Gasteiger partial charge in [0.05, 0.1) is 23.7 Å². The van der Waals surface area contributed by atoms with Crippen molar-refractivity contribution >= 4 is 11.3 Å². The van der Waals surface area contributed by atoms with Crippen LogP contribution in [0.3, 0.4) is 0 Å². The standard InChI is InChI=1S/C12H22N2OS/c1-5-14(6-2)7-11-13-12(9(3)4)10(8-15)16-11/h9,15H,5-8H2,1-4H3. The molecule has 1 rings (SSSR count). The van der Waals surface area contributed by atoms with Gasteiger partial charge in [0.2, 0.25) is 0 Å². The summed E-state index contributed by atoms with van der Waals surface area (Å²) in [4.78, 5) is 8.00. The first kappa shape index (κ1) is 13.6. The molecule has 1 N–H and O–H groups in total. The Kier molecular flexibility index (Phi) is 5.38. The molecule has 0 aliphatic rings. The summed E-state index contributed by atoms with van der Waals surface area (Å²) < 4.78 is 0. The van der Waals surface area contributed by atoms with E-state index in [0.717, 1.165) is 35.2 Å². The van der Waals surface area contributed by atoms with Gasteiger partial charge in [-0.25, -0.2) is 4.98 Å². The highest BCUT2D eigenvalue weighted by Crippen LogP contribution is 2.25. The van der Waals surface area contributed by atoms with Crippen LogP contribution in [-0.2, 0) is 13.2 Å². The first-order chi connectivity index (χ1) is 7.62. The summed E-state index contributed by atoms with van der Waals surface area (Å²) >= 11 is 1.64. The van der Waals surface area contributed by atoms with Crippen LogP contribution in [0.2, 0.25) is 0 Å². The molecule has 0 aromatic carbocycles. The van der Waals surface area contributed by atoms with Crippen molar-refractivity contribution < 1.29 is 5.11 Å². The number of hydrogen-bond acceptors (Lipinski definition) is 4. The normalized spacial score (nSPS) is 11.7. The largest absolute Gasteiger partial charge is 0.391 e. The van der Waals surface area contributed by atoms with E-state index in [-0.39, 0.29) is 6.61 Å². The molecule has 0 spiro atoms. The average Bonchev–Trinajstić information content (AvgIpc) is 2.69. The fraction of sp³-hybridized carbons (Fsp3) is 0.750. The van der Waals surface area contributed by atoms with E-state index in [1.807, 2.05) is 0 Å². The van der Waals surface area contributed by atoms with Gasteiger partial charge in [-0.1, -0.05) is 27.7 Å². The topological polar surface area (TPSA) is 36.4 Å². The van der Waals surface area contributed by atoms with Crippen molar-refractivity contribution in [3.8, 4) is 0 Å². The lowest BCUT2D eigenvalue weighted by Crippen LogP contribution is -2.21. The Bertz CT molecular complexity index is 319. The third-order valence-corrected chi connectivity index (χ3v) is 3.76. The zero-order valence-corrected chi connectivity index (χ0v) is 11.5. The first-order valence-corrected chi connectivity index (χ1v) is 6.75. The molecule has 0 saturated carbocycles. The molecule has 1 aromatic rings. The molecule has 0 fully saturated rings. The predicted octanol–water partition coefficient (Wildman–Crippen LogP) is 2.60. The summed E-state index contributed by atoms with van der Waals surface area (Å²) in [6, 6.07) is 0. The summed E-state index contributed by atoms with van der Waals surface area (Å²) in [5, 5.41) is 10.4. The molecule has 4 heteroatoms. The number of aromatic nitrogens is 1. The van der Waals surface area contributed by atoms with Crippen molar-refractivity contribution in [2.24, 2.45) is 0 Å². The molecule has 1 aromatic heterocycles. The number of aliphatic hydroxyl groups is 1. The molecule has 3 nitrogen and oxygen atoms in total. The van der Waals surface area contributed by atoms with E-state index >= 15 is 0 Å². The molecule has 16 heavy (non-hydrogen) atoms. The van der Waals surface area contributed by atoms with Gasteiger partial charge in [0.1, 0.15) is 5.01 Å². The van der Waals surface area contributed by atoms with Gasteiger partial charge in [-0.15, -0.1) is 11.3 Å². The highest BCUT2D eigenvalue weighted by molar-refractivity contribution is 7.11. The van der Waals surface area contributed by atoms with Crippen molar-refractivity contribution in [2.75, 3.05) is 13.1 Å². The Hall–Kier alpha value is -0.450.